The lowest BCUT2D eigenvalue weighted by molar-refractivity contribution is -0.246. The van der Waals surface area contributed by atoms with Crippen LogP contribution >= 0.6 is 0 Å². The number of piperidine rings is 2. The standard InChI is InChI=1S/C12H15F4NO2/c1-9-4-10(13)2-7(3-11(19,5-9)6-10)17(9)8(18)12(14,15)16/h7,19H,2-6H2,1H3. The van der Waals surface area contributed by atoms with Crippen LogP contribution in [0.4, 0.5) is 17.6 Å². The average Bonchev–Trinajstić information content (AvgIpc) is 2.07. The number of hydrogen-bond donors (Lipinski definition) is 1. The van der Waals surface area contributed by atoms with Crippen molar-refractivity contribution < 1.29 is 27.5 Å². The topological polar surface area (TPSA) is 40.5 Å². The molecule has 2 aliphatic heterocycles. The molecule has 0 aromatic carbocycles. The first-order valence-corrected chi connectivity index (χ1v) is 6.28. The number of halogens is 4. The number of carbonyl (C=O) groups excluding carboxylic acids is 1. The number of rotatable bonds is 0. The van der Waals surface area contributed by atoms with E-state index >= 15 is 0 Å². The van der Waals surface area contributed by atoms with Crippen LogP contribution in [0.25, 0.3) is 0 Å². The van der Waals surface area contributed by atoms with Gasteiger partial charge < -0.3 is 10.0 Å². The van der Waals surface area contributed by atoms with Crippen molar-refractivity contribution in [2.75, 3.05) is 0 Å². The normalized spacial score (nSPS) is 48.7. The molecule has 4 bridgehead atoms. The van der Waals surface area contributed by atoms with Crippen molar-refractivity contribution in [1.82, 2.24) is 4.90 Å². The molecule has 2 heterocycles. The average molecular weight is 281 g/mol. The molecular weight excluding hydrogens is 266 g/mol. The number of hydrogen-bond acceptors (Lipinski definition) is 2. The van der Waals surface area contributed by atoms with Crippen molar-refractivity contribution >= 4 is 5.91 Å². The SMILES string of the molecule is CC12CC3(O)CC(CC(F)(C3)C1)N2C(=O)C(F)(F)F. The van der Waals surface area contributed by atoms with Crippen molar-refractivity contribution in [1.29, 1.82) is 0 Å². The maximum absolute atomic E-state index is 14.5. The van der Waals surface area contributed by atoms with Gasteiger partial charge in [-0.15, -0.1) is 0 Å². The van der Waals surface area contributed by atoms with Crippen LogP contribution in [0.15, 0.2) is 0 Å². The van der Waals surface area contributed by atoms with E-state index < -0.39 is 34.9 Å². The first-order valence-electron chi connectivity index (χ1n) is 6.28. The molecule has 4 fully saturated rings. The van der Waals surface area contributed by atoms with Gasteiger partial charge in [-0.3, -0.25) is 4.79 Å². The first kappa shape index (κ1) is 13.1. The minimum Gasteiger partial charge on any atom is -0.390 e. The predicted molar refractivity (Wildman–Crippen MR) is 57.0 cm³/mol. The Balaban J connectivity index is 2.00. The summed E-state index contributed by atoms with van der Waals surface area (Å²) in [7, 11) is 0. The minimum atomic E-state index is -4.95. The maximum atomic E-state index is 14.5. The zero-order chi connectivity index (χ0) is 14.3. The van der Waals surface area contributed by atoms with E-state index in [0.717, 1.165) is 4.90 Å². The lowest BCUT2D eigenvalue weighted by Gasteiger charge is -2.66. The number of amides is 1. The first-order chi connectivity index (χ1) is 8.47. The summed E-state index contributed by atoms with van der Waals surface area (Å²) in [4.78, 5) is 12.3. The van der Waals surface area contributed by atoms with Crippen LogP contribution in [0.2, 0.25) is 0 Å². The minimum absolute atomic E-state index is 0.0178. The highest BCUT2D eigenvalue weighted by Crippen LogP contribution is 2.59. The molecule has 108 valence electrons. The number of nitrogens with zero attached hydrogens (tertiary/aromatic N) is 1. The Morgan fingerprint density at radius 1 is 1.26 bits per heavy atom. The fourth-order valence-corrected chi connectivity index (χ4v) is 4.73. The van der Waals surface area contributed by atoms with Crippen LogP contribution in [-0.4, -0.2) is 44.9 Å². The summed E-state index contributed by atoms with van der Waals surface area (Å²) < 4.78 is 52.5. The number of aliphatic hydroxyl groups is 1. The maximum Gasteiger partial charge on any atom is 0.471 e. The summed E-state index contributed by atoms with van der Waals surface area (Å²) in [6.07, 6.45) is -5.15. The Bertz CT molecular complexity index is 432. The van der Waals surface area contributed by atoms with Gasteiger partial charge in [-0.05, 0) is 19.8 Å². The number of carbonyl (C=O) groups is 1. The van der Waals surface area contributed by atoms with Crippen LogP contribution in [0.3, 0.4) is 0 Å². The van der Waals surface area contributed by atoms with Gasteiger partial charge in [0, 0.05) is 30.8 Å². The molecule has 2 saturated carbocycles. The molecule has 1 N–H and O–H groups in total. The van der Waals surface area contributed by atoms with E-state index in [-0.39, 0.29) is 32.1 Å². The third-order valence-electron chi connectivity index (χ3n) is 4.68. The zero-order valence-electron chi connectivity index (χ0n) is 10.4. The summed E-state index contributed by atoms with van der Waals surface area (Å²) in [6.45, 7) is 1.44. The fourth-order valence-electron chi connectivity index (χ4n) is 4.73. The van der Waals surface area contributed by atoms with Crippen LogP contribution in [0, 0.1) is 0 Å². The van der Waals surface area contributed by atoms with Gasteiger partial charge in [0.15, 0.2) is 0 Å². The molecule has 19 heavy (non-hydrogen) atoms. The van der Waals surface area contributed by atoms with Gasteiger partial charge in [-0.1, -0.05) is 0 Å². The fraction of sp³-hybridized carbons (Fsp3) is 0.917. The molecule has 4 rings (SSSR count). The van der Waals surface area contributed by atoms with Crippen LogP contribution < -0.4 is 0 Å². The Morgan fingerprint density at radius 3 is 2.37 bits per heavy atom. The summed E-state index contributed by atoms with van der Waals surface area (Å²) >= 11 is 0. The second kappa shape index (κ2) is 3.24. The van der Waals surface area contributed by atoms with E-state index in [9.17, 15) is 27.5 Å². The highest BCUT2D eigenvalue weighted by molar-refractivity contribution is 5.83. The van der Waals surface area contributed by atoms with E-state index in [1.54, 1.807) is 0 Å². The van der Waals surface area contributed by atoms with Crippen molar-refractivity contribution in [2.24, 2.45) is 0 Å². The van der Waals surface area contributed by atoms with Crippen LogP contribution in [0.5, 0.6) is 0 Å². The number of alkyl halides is 4. The Morgan fingerprint density at radius 2 is 1.89 bits per heavy atom. The Labute approximate surface area is 107 Å². The Kier molecular flexibility index (Phi) is 2.24. The largest absolute Gasteiger partial charge is 0.471 e. The second-order valence-electron chi connectivity index (χ2n) is 6.64. The molecule has 4 unspecified atom stereocenters. The molecule has 0 spiro atoms. The lowest BCUT2D eigenvalue weighted by Crippen LogP contribution is -2.76. The highest BCUT2D eigenvalue weighted by atomic mass is 19.4. The molecule has 2 aliphatic carbocycles. The summed E-state index contributed by atoms with van der Waals surface area (Å²) in [5.74, 6) is -1.91. The van der Waals surface area contributed by atoms with E-state index in [2.05, 4.69) is 0 Å². The van der Waals surface area contributed by atoms with E-state index in [4.69, 9.17) is 0 Å². The molecule has 7 heteroatoms. The van der Waals surface area contributed by atoms with Gasteiger partial charge in [-0.2, -0.15) is 13.2 Å². The van der Waals surface area contributed by atoms with Gasteiger partial charge in [0.2, 0.25) is 0 Å². The molecule has 0 aromatic heterocycles. The van der Waals surface area contributed by atoms with Gasteiger partial charge >= 0.3 is 12.1 Å². The third kappa shape index (κ3) is 1.77. The second-order valence-corrected chi connectivity index (χ2v) is 6.64. The predicted octanol–water partition coefficient (Wildman–Crippen LogP) is 1.94. The smallest absolute Gasteiger partial charge is 0.390 e. The quantitative estimate of drug-likeness (QED) is 0.689. The summed E-state index contributed by atoms with van der Waals surface area (Å²) in [5.41, 5.74) is -4.16. The van der Waals surface area contributed by atoms with Crippen LogP contribution in [0.1, 0.15) is 39.0 Å². The molecule has 3 nitrogen and oxygen atoms in total. The van der Waals surface area contributed by atoms with Crippen molar-refractivity contribution in [3.05, 3.63) is 0 Å². The lowest BCUT2D eigenvalue weighted by atomic mass is 9.55. The van der Waals surface area contributed by atoms with Crippen molar-refractivity contribution in [3.63, 3.8) is 0 Å². The van der Waals surface area contributed by atoms with E-state index in [1.165, 1.54) is 6.92 Å². The highest BCUT2D eigenvalue weighted by Gasteiger charge is 2.68. The molecule has 0 aromatic rings. The monoisotopic (exact) mass is 281 g/mol. The van der Waals surface area contributed by atoms with Gasteiger partial charge in [0.05, 0.1) is 5.60 Å². The van der Waals surface area contributed by atoms with Gasteiger partial charge in [0.1, 0.15) is 5.67 Å². The van der Waals surface area contributed by atoms with Gasteiger partial charge in [0.25, 0.3) is 0 Å². The van der Waals surface area contributed by atoms with E-state index in [1.807, 2.05) is 0 Å². The third-order valence-corrected chi connectivity index (χ3v) is 4.68. The summed E-state index contributed by atoms with van der Waals surface area (Å²) in [6, 6.07) is -0.856. The molecule has 4 aliphatic rings. The molecule has 1 amide bonds. The summed E-state index contributed by atoms with van der Waals surface area (Å²) in [5, 5.41) is 10.3. The molecule has 0 radical (unpaired) electrons. The van der Waals surface area contributed by atoms with Crippen LogP contribution in [-0.2, 0) is 4.79 Å². The molecular formula is C12H15F4NO2. The van der Waals surface area contributed by atoms with Crippen molar-refractivity contribution in [2.45, 2.75) is 68.1 Å². The molecule has 2 saturated heterocycles. The van der Waals surface area contributed by atoms with Crippen molar-refractivity contribution in [3.8, 4) is 0 Å². The molecule has 4 atom stereocenters. The Hall–Kier alpha value is -0.850. The zero-order valence-corrected chi connectivity index (χ0v) is 10.4. The van der Waals surface area contributed by atoms with E-state index in [0.29, 0.717) is 0 Å². The van der Waals surface area contributed by atoms with Gasteiger partial charge in [-0.25, -0.2) is 4.39 Å².